The number of carbonyl (C=O) groups is 3. The van der Waals surface area contributed by atoms with Crippen molar-refractivity contribution in [2.45, 2.75) is 39.4 Å². The number of carbonyl (C=O) groups excluding carboxylic acids is 3. The lowest BCUT2D eigenvalue weighted by Crippen LogP contribution is -2.40. The Kier molecular flexibility index (Phi) is 6.88. The second-order valence-corrected chi connectivity index (χ2v) is 8.51. The topological polar surface area (TPSA) is 68.6 Å². The first-order valence-corrected chi connectivity index (χ1v) is 10.7. The van der Waals surface area contributed by atoms with Crippen LogP contribution in [0.3, 0.4) is 0 Å². The molecule has 0 radical (unpaired) electrons. The van der Waals surface area contributed by atoms with Crippen molar-refractivity contribution in [2.24, 2.45) is 5.92 Å². The molecule has 0 saturated carbocycles. The van der Waals surface area contributed by atoms with Gasteiger partial charge in [0.2, 0.25) is 5.78 Å². The van der Waals surface area contributed by atoms with Crippen LogP contribution in [0.4, 0.5) is 13.2 Å². The number of ketones is 1. The lowest BCUT2D eigenvalue weighted by atomic mass is 9.97. The third kappa shape index (κ3) is 5.55. The van der Waals surface area contributed by atoms with Gasteiger partial charge in [0.25, 0.3) is 5.91 Å². The molecule has 1 amide bonds. The minimum Gasteiger partial charge on any atom is -0.457 e. The summed E-state index contributed by atoms with van der Waals surface area (Å²) in [7, 11) is 0. The Balaban J connectivity index is 1.52. The number of nitrogens with zero attached hydrogens (tertiary/aromatic N) is 2. The summed E-state index contributed by atoms with van der Waals surface area (Å²) in [5.74, 6) is -1.55. The number of aryl methyl sites for hydroxylation is 1. The molecular formula is C21H23F3N2O4S. The number of amides is 1. The van der Waals surface area contributed by atoms with Crippen LogP contribution in [0.15, 0.2) is 23.6 Å². The Morgan fingerprint density at radius 3 is 2.45 bits per heavy atom. The van der Waals surface area contributed by atoms with Crippen LogP contribution in [0.5, 0.6) is 0 Å². The number of hydrogen-bond donors (Lipinski definition) is 0. The summed E-state index contributed by atoms with van der Waals surface area (Å²) in [6.45, 7) is 2.07. The molecule has 2 aromatic rings. The third-order valence-corrected chi connectivity index (χ3v) is 6.26. The van der Waals surface area contributed by atoms with E-state index in [2.05, 4.69) is 0 Å². The van der Waals surface area contributed by atoms with Crippen LogP contribution in [-0.4, -0.2) is 53.0 Å². The van der Waals surface area contributed by atoms with Crippen molar-refractivity contribution in [3.05, 3.63) is 45.4 Å². The molecule has 0 atom stereocenters. The molecule has 0 aromatic carbocycles. The summed E-state index contributed by atoms with van der Waals surface area (Å²) in [4.78, 5) is 39.5. The molecule has 1 aliphatic heterocycles. The highest BCUT2D eigenvalue weighted by Gasteiger charge is 2.32. The Morgan fingerprint density at radius 1 is 1.19 bits per heavy atom. The molecule has 1 aliphatic rings. The van der Waals surface area contributed by atoms with E-state index in [0.29, 0.717) is 36.5 Å². The Labute approximate surface area is 181 Å². The Morgan fingerprint density at radius 2 is 1.87 bits per heavy atom. The van der Waals surface area contributed by atoms with Crippen LogP contribution in [0.2, 0.25) is 0 Å². The molecule has 0 N–H and O–H groups in total. The highest BCUT2D eigenvalue weighted by Crippen LogP contribution is 2.24. The minimum absolute atomic E-state index is 0.0637. The lowest BCUT2D eigenvalue weighted by molar-refractivity contribution is -0.148. The van der Waals surface area contributed by atoms with Crippen LogP contribution in [0.25, 0.3) is 0 Å². The quantitative estimate of drug-likeness (QED) is 0.487. The molecule has 1 saturated heterocycles. The van der Waals surface area contributed by atoms with Gasteiger partial charge in [-0.1, -0.05) is 6.07 Å². The van der Waals surface area contributed by atoms with E-state index < -0.39 is 37.0 Å². The van der Waals surface area contributed by atoms with E-state index in [-0.39, 0.29) is 17.2 Å². The zero-order valence-corrected chi connectivity index (χ0v) is 18.0. The van der Waals surface area contributed by atoms with Gasteiger partial charge < -0.3 is 14.2 Å². The molecule has 2 aromatic heterocycles. The molecule has 3 heterocycles. The molecule has 6 nitrogen and oxygen atoms in total. The maximum absolute atomic E-state index is 12.7. The number of esters is 1. The predicted molar refractivity (Wildman–Crippen MR) is 108 cm³/mol. The zero-order valence-electron chi connectivity index (χ0n) is 17.2. The summed E-state index contributed by atoms with van der Waals surface area (Å²) >= 11 is 1.36. The molecule has 1 fully saturated rings. The molecule has 0 spiro atoms. The molecule has 168 valence electrons. The van der Waals surface area contributed by atoms with Crippen molar-refractivity contribution >= 4 is 29.0 Å². The van der Waals surface area contributed by atoms with Crippen molar-refractivity contribution in [1.82, 2.24) is 9.47 Å². The van der Waals surface area contributed by atoms with Gasteiger partial charge in [-0.25, -0.2) is 0 Å². The van der Waals surface area contributed by atoms with E-state index in [1.165, 1.54) is 31.3 Å². The number of likely N-dealkylation sites (tertiary alicyclic amines) is 1. The van der Waals surface area contributed by atoms with E-state index in [1.807, 2.05) is 5.38 Å². The van der Waals surface area contributed by atoms with Gasteiger partial charge in [0.1, 0.15) is 6.54 Å². The van der Waals surface area contributed by atoms with Crippen LogP contribution in [-0.2, 0) is 16.1 Å². The highest BCUT2D eigenvalue weighted by atomic mass is 32.1. The molecule has 0 aliphatic carbocycles. The summed E-state index contributed by atoms with van der Waals surface area (Å²) in [5, 5.41) is 1.83. The fourth-order valence-electron chi connectivity index (χ4n) is 3.71. The van der Waals surface area contributed by atoms with Gasteiger partial charge in [0.05, 0.1) is 10.8 Å². The van der Waals surface area contributed by atoms with Crippen molar-refractivity contribution in [1.29, 1.82) is 0 Å². The van der Waals surface area contributed by atoms with E-state index in [0.717, 1.165) is 4.57 Å². The molecule has 0 bridgehead atoms. The van der Waals surface area contributed by atoms with Crippen LogP contribution >= 0.6 is 11.3 Å². The summed E-state index contributed by atoms with van der Waals surface area (Å²) in [5.41, 5.74) is 0.620. The fourth-order valence-corrected chi connectivity index (χ4v) is 4.40. The van der Waals surface area contributed by atoms with Crippen molar-refractivity contribution in [3.8, 4) is 0 Å². The average Bonchev–Trinajstić information content (AvgIpc) is 3.35. The van der Waals surface area contributed by atoms with Gasteiger partial charge in [-0.3, -0.25) is 14.4 Å². The zero-order chi connectivity index (χ0) is 22.8. The summed E-state index contributed by atoms with van der Waals surface area (Å²) in [6.07, 6.45) is -3.53. The Hall–Kier alpha value is -2.62. The van der Waals surface area contributed by atoms with Gasteiger partial charge in [-0.2, -0.15) is 13.2 Å². The molecule has 31 heavy (non-hydrogen) atoms. The summed E-state index contributed by atoms with van der Waals surface area (Å²) in [6, 6.07) is 4.94. The first-order valence-electron chi connectivity index (χ1n) is 9.83. The number of alkyl halides is 3. The monoisotopic (exact) mass is 456 g/mol. The standard InChI is InChI=1S/C21H23F3N2O4S/c1-13-10-16(14(2)26(13)12-21(22,23)24)17(27)11-30-20(29)15-5-7-25(8-6-15)19(28)18-4-3-9-31-18/h3-4,9-10,15H,5-8,11-12H2,1-2H3. The van der Waals surface area contributed by atoms with E-state index in [9.17, 15) is 27.6 Å². The molecule has 0 unspecified atom stereocenters. The average molecular weight is 456 g/mol. The second kappa shape index (κ2) is 9.25. The molecular weight excluding hydrogens is 433 g/mol. The van der Waals surface area contributed by atoms with Gasteiger partial charge in [0, 0.05) is 30.0 Å². The lowest BCUT2D eigenvalue weighted by Gasteiger charge is -2.30. The number of rotatable bonds is 6. The molecule has 3 rings (SSSR count). The van der Waals surface area contributed by atoms with Crippen LogP contribution in [0.1, 0.15) is 44.3 Å². The SMILES string of the molecule is Cc1cc(C(=O)COC(=O)C2CCN(C(=O)c3cccs3)CC2)c(C)n1CC(F)(F)F. The van der Waals surface area contributed by atoms with Gasteiger partial charge in [-0.05, 0) is 44.2 Å². The Bertz CT molecular complexity index is 958. The van der Waals surface area contributed by atoms with Gasteiger partial charge in [0.15, 0.2) is 6.61 Å². The number of aromatic nitrogens is 1. The van der Waals surface area contributed by atoms with Crippen LogP contribution in [0, 0.1) is 19.8 Å². The summed E-state index contributed by atoms with van der Waals surface area (Å²) < 4.78 is 44.4. The maximum Gasteiger partial charge on any atom is 0.406 e. The highest BCUT2D eigenvalue weighted by molar-refractivity contribution is 7.12. The molecule has 10 heteroatoms. The minimum atomic E-state index is -4.40. The smallest absolute Gasteiger partial charge is 0.406 e. The third-order valence-electron chi connectivity index (χ3n) is 5.40. The van der Waals surface area contributed by atoms with Gasteiger partial charge in [-0.15, -0.1) is 11.3 Å². The first-order chi connectivity index (χ1) is 14.6. The number of Topliss-reactive ketones (excluding diaryl/α,β-unsaturated/α-hetero) is 1. The first kappa shape index (κ1) is 23.1. The van der Waals surface area contributed by atoms with E-state index >= 15 is 0 Å². The number of hydrogen-bond acceptors (Lipinski definition) is 5. The van der Waals surface area contributed by atoms with Gasteiger partial charge >= 0.3 is 12.1 Å². The van der Waals surface area contributed by atoms with Crippen molar-refractivity contribution in [2.75, 3.05) is 19.7 Å². The predicted octanol–water partition coefficient (Wildman–Crippen LogP) is 4.01. The van der Waals surface area contributed by atoms with E-state index in [1.54, 1.807) is 17.0 Å². The second-order valence-electron chi connectivity index (χ2n) is 7.56. The van der Waals surface area contributed by atoms with E-state index in [4.69, 9.17) is 4.74 Å². The van der Waals surface area contributed by atoms with Crippen molar-refractivity contribution < 1.29 is 32.3 Å². The van der Waals surface area contributed by atoms with Crippen molar-refractivity contribution in [3.63, 3.8) is 0 Å². The maximum atomic E-state index is 12.7. The normalized spacial score (nSPS) is 15.2. The van der Waals surface area contributed by atoms with Crippen LogP contribution < -0.4 is 0 Å². The number of thiophene rings is 1. The number of piperidine rings is 1. The fraction of sp³-hybridized carbons (Fsp3) is 0.476. The largest absolute Gasteiger partial charge is 0.457 e. The number of halogens is 3. The number of ether oxygens (including phenoxy) is 1.